The summed E-state index contributed by atoms with van der Waals surface area (Å²) >= 11 is 0. The molecule has 0 unspecified atom stereocenters. The molecule has 86 valence electrons. The smallest absolute Gasteiger partial charge is 0.232 e. The first kappa shape index (κ1) is 14.2. The van der Waals surface area contributed by atoms with Gasteiger partial charge in [-0.25, -0.2) is 8.42 Å². The monoisotopic (exact) mass is 242 g/mol. The average Bonchev–Trinajstić information content (AvgIpc) is 2.00. The molecule has 0 amide bonds. The van der Waals surface area contributed by atoms with Crippen LogP contribution >= 0.6 is 10.7 Å². The number of unbranched alkanes of at least 4 members (excludes halogenated alkanes) is 1. The molecule has 0 radical (unpaired) electrons. The summed E-state index contributed by atoms with van der Waals surface area (Å²) in [5, 5.41) is 0. The first-order chi connectivity index (χ1) is 6.42. The molecule has 0 bridgehead atoms. The Kier molecular flexibility index (Phi) is 7.59. The fourth-order valence-electron chi connectivity index (χ4n) is 0.900. The first-order valence-electron chi connectivity index (χ1n) is 4.92. The van der Waals surface area contributed by atoms with Crippen LogP contribution in [0.15, 0.2) is 0 Å². The summed E-state index contributed by atoms with van der Waals surface area (Å²) in [6, 6.07) is 0. The molecule has 0 aromatic rings. The van der Waals surface area contributed by atoms with Crippen molar-refractivity contribution in [2.24, 2.45) is 5.92 Å². The molecule has 0 saturated heterocycles. The lowest BCUT2D eigenvalue weighted by Gasteiger charge is -2.05. The van der Waals surface area contributed by atoms with Gasteiger partial charge < -0.3 is 4.74 Å². The maximum Gasteiger partial charge on any atom is 0.232 e. The van der Waals surface area contributed by atoms with Crippen molar-refractivity contribution in [3.05, 3.63) is 0 Å². The van der Waals surface area contributed by atoms with Crippen LogP contribution in [-0.2, 0) is 13.8 Å². The maximum atomic E-state index is 10.5. The molecule has 0 aromatic heterocycles. The van der Waals surface area contributed by atoms with E-state index in [1.54, 1.807) is 0 Å². The SMILES string of the molecule is CC(C)CCOCCCCS(=O)(=O)Cl. The highest BCUT2D eigenvalue weighted by atomic mass is 35.7. The van der Waals surface area contributed by atoms with Crippen LogP contribution in [0.3, 0.4) is 0 Å². The van der Waals surface area contributed by atoms with Gasteiger partial charge in [0.15, 0.2) is 0 Å². The lowest BCUT2D eigenvalue weighted by atomic mass is 10.1. The van der Waals surface area contributed by atoms with Crippen molar-refractivity contribution >= 4 is 19.7 Å². The molecule has 0 heterocycles. The number of rotatable bonds is 8. The minimum atomic E-state index is -3.31. The van der Waals surface area contributed by atoms with E-state index in [1.807, 2.05) is 0 Å². The highest BCUT2D eigenvalue weighted by Crippen LogP contribution is 2.03. The predicted octanol–water partition coefficient (Wildman–Crippen LogP) is 2.40. The van der Waals surface area contributed by atoms with Crippen molar-refractivity contribution in [3.8, 4) is 0 Å². The van der Waals surface area contributed by atoms with E-state index in [1.165, 1.54) is 0 Å². The van der Waals surface area contributed by atoms with E-state index in [-0.39, 0.29) is 5.75 Å². The maximum absolute atomic E-state index is 10.5. The lowest BCUT2D eigenvalue weighted by Crippen LogP contribution is -2.03. The van der Waals surface area contributed by atoms with E-state index in [0.717, 1.165) is 19.4 Å². The predicted molar refractivity (Wildman–Crippen MR) is 59.1 cm³/mol. The van der Waals surface area contributed by atoms with E-state index < -0.39 is 9.05 Å². The van der Waals surface area contributed by atoms with Gasteiger partial charge in [0.25, 0.3) is 0 Å². The van der Waals surface area contributed by atoms with E-state index >= 15 is 0 Å². The minimum Gasteiger partial charge on any atom is -0.381 e. The first-order valence-corrected chi connectivity index (χ1v) is 7.40. The van der Waals surface area contributed by atoms with Gasteiger partial charge in [-0.3, -0.25) is 0 Å². The highest BCUT2D eigenvalue weighted by Gasteiger charge is 2.03. The molecule has 0 atom stereocenters. The summed E-state index contributed by atoms with van der Waals surface area (Å²) in [6.45, 7) is 5.66. The average molecular weight is 243 g/mol. The minimum absolute atomic E-state index is 0.0437. The Hall–Kier alpha value is 0.200. The molecule has 0 aliphatic heterocycles. The van der Waals surface area contributed by atoms with Gasteiger partial charge in [-0.1, -0.05) is 13.8 Å². The Morgan fingerprint density at radius 1 is 1.21 bits per heavy atom. The summed E-state index contributed by atoms with van der Waals surface area (Å²) in [7, 11) is 1.73. The summed E-state index contributed by atoms with van der Waals surface area (Å²) in [4.78, 5) is 0. The van der Waals surface area contributed by atoms with Crippen molar-refractivity contribution in [3.63, 3.8) is 0 Å². The summed E-state index contributed by atoms with van der Waals surface area (Å²) < 4.78 is 26.4. The molecular weight excluding hydrogens is 224 g/mol. The second kappa shape index (κ2) is 7.49. The van der Waals surface area contributed by atoms with Gasteiger partial charge >= 0.3 is 0 Å². The highest BCUT2D eigenvalue weighted by molar-refractivity contribution is 8.13. The standard InChI is InChI=1S/C9H19ClO3S/c1-9(2)5-7-13-6-3-4-8-14(10,11)12/h9H,3-8H2,1-2H3. The number of hydrogen-bond donors (Lipinski definition) is 0. The Morgan fingerprint density at radius 2 is 1.86 bits per heavy atom. The Balaban J connectivity index is 3.15. The van der Waals surface area contributed by atoms with Crippen LogP contribution in [0.1, 0.15) is 33.1 Å². The van der Waals surface area contributed by atoms with Crippen LogP contribution in [0.2, 0.25) is 0 Å². The molecule has 0 fully saturated rings. The molecule has 0 N–H and O–H groups in total. The van der Waals surface area contributed by atoms with Crippen molar-refractivity contribution in [1.82, 2.24) is 0 Å². The molecule has 5 heteroatoms. The summed E-state index contributed by atoms with van der Waals surface area (Å²) in [6.07, 6.45) is 2.38. The van der Waals surface area contributed by atoms with E-state index in [2.05, 4.69) is 13.8 Å². The molecular formula is C9H19ClO3S. The number of halogens is 1. The molecule has 0 aromatic carbocycles. The van der Waals surface area contributed by atoms with Crippen LogP contribution in [0.5, 0.6) is 0 Å². The van der Waals surface area contributed by atoms with Crippen molar-refractivity contribution < 1.29 is 13.2 Å². The fraction of sp³-hybridized carbons (Fsp3) is 1.00. The molecule has 3 nitrogen and oxygen atoms in total. The van der Waals surface area contributed by atoms with Gasteiger partial charge in [-0.2, -0.15) is 0 Å². The largest absolute Gasteiger partial charge is 0.381 e. The molecule has 0 aliphatic rings. The van der Waals surface area contributed by atoms with Gasteiger partial charge in [0, 0.05) is 23.9 Å². The quantitative estimate of drug-likeness (QED) is 0.485. The van der Waals surface area contributed by atoms with Crippen molar-refractivity contribution in [1.29, 1.82) is 0 Å². The zero-order valence-corrected chi connectivity index (χ0v) is 10.4. The lowest BCUT2D eigenvalue weighted by molar-refractivity contribution is 0.121. The van der Waals surface area contributed by atoms with Crippen molar-refractivity contribution in [2.45, 2.75) is 33.1 Å². The van der Waals surface area contributed by atoms with Gasteiger partial charge in [0.2, 0.25) is 9.05 Å². The van der Waals surface area contributed by atoms with E-state index in [0.29, 0.717) is 18.9 Å². The second-order valence-corrected chi connectivity index (χ2v) is 6.64. The molecule has 0 rings (SSSR count). The van der Waals surface area contributed by atoms with Crippen LogP contribution in [0.25, 0.3) is 0 Å². The van der Waals surface area contributed by atoms with Crippen LogP contribution in [-0.4, -0.2) is 27.4 Å². The van der Waals surface area contributed by atoms with Crippen LogP contribution in [0, 0.1) is 5.92 Å². The Labute approximate surface area is 91.2 Å². The number of hydrogen-bond acceptors (Lipinski definition) is 3. The third-order valence-electron chi connectivity index (χ3n) is 1.77. The Bertz CT molecular complexity index is 224. The Morgan fingerprint density at radius 3 is 2.36 bits per heavy atom. The van der Waals surface area contributed by atoms with Gasteiger partial charge in [0.1, 0.15) is 0 Å². The van der Waals surface area contributed by atoms with Gasteiger partial charge in [-0.15, -0.1) is 0 Å². The van der Waals surface area contributed by atoms with Gasteiger partial charge in [-0.05, 0) is 25.2 Å². The van der Waals surface area contributed by atoms with E-state index in [4.69, 9.17) is 15.4 Å². The van der Waals surface area contributed by atoms with Crippen LogP contribution < -0.4 is 0 Å². The third kappa shape index (κ3) is 12.2. The molecule has 0 spiro atoms. The molecule has 0 aliphatic carbocycles. The third-order valence-corrected chi connectivity index (χ3v) is 3.01. The summed E-state index contributed by atoms with van der Waals surface area (Å²) in [5.74, 6) is 0.695. The zero-order valence-electron chi connectivity index (χ0n) is 8.83. The van der Waals surface area contributed by atoms with Crippen LogP contribution in [0.4, 0.5) is 0 Å². The zero-order chi connectivity index (χ0) is 11.0. The summed E-state index contributed by atoms with van der Waals surface area (Å²) in [5.41, 5.74) is 0. The molecule has 0 saturated carbocycles. The normalized spacial score (nSPS) is 12.3. The van der Waals surface area contributed by atoms with Gasteiger partial charge in [0.05, 0.1) is 5.75 Å². The second-order valence-electron chi connectivity index (χ2n) is 3.74. The van der Waals surface area contributed by atoms with Crippen molar-refractivity contribution in [2.75, 3.05) is 19.0 Å². The molecule has 14 heavy (non-hydrogen) atoms. The van der Waals surface area contributed by atoms with E-state index in [9.17, 15) is 8.42 Å². The fourth-order valence-corrected chi connectivity index (χ4v) is 1.78. The topological polar surface area (TPSA) is 43.4 Å². The number of ether oxygens (including phenoxy) is 1.